The predicted molar refractivity (Wildman–Crippen MR) is 95.6 cm³/mol. The Balaban J connectivity index is 1.83. The molecule has 0 heterocycles. The number of halogens is 1. The van der Waals surface area contributed by atoms with Crippen LogP contribution in [0.5, 0.6) is 0 Å². The molecule has 0 aliphatic heterocycles. The molecule has 0 saturated heterocycles. The maximum atomic E-state index is 12.2. The lowest BCUT2D eigenvalue weighted by Gasteiger charge is -2.30. The average molecular weight is 350 g/mol. The Hall–Kier alpha value is -1.81. The molecule has 0 spiro atoms. The summed E-state index contributed by atoms with van der Waals surface area (Å²) >= 11 is 5.89. The van der Waals surface area contributed by atoms with Crippen LogP contribution < -0.4 is 5.32 Å². The molecule has 1 aliphatic carbocycles. The highest BCUT2D eigenvalue weighted by molar-refractivity contribution is 6.30. The lowest BCUT2D eigenvalue weighted by atomic mass is 9.86. The normalized spacial score (nSPS) is 22.1. The van der Waals surface area contributed by atoms with Gasteiger partial charge in [-0.15, -0.1) is 0 Å². The van der Waals surface area contributed by atoms with Crippen molar-refractivity contribution in [2.45, 2.75) is 51.7 Å². The minimum atomic E-state index is -0.810. The second kappa shape index (κ2) is 8.88. The summed E-state index contributed by atoms with van der Waals surface area (Å²) in [6.45, 7) is 3.74. The van der Waals surface area contributed by atoms with E-state index in [2.05, 4.69) is 12.2 Å². The summed E-state index contributed by atoms with van der Waals surface area (Å²) in [5, 5.41) is 3.59. The topological polar surface area (TPSA) is 55.4 Å². The third-order valence-electron chi connectivity index (χ3n) is 4.36. The van der Waals surface area contributed by atoms with E-state index in [9.17, 15) is 9.59 Å². The maximum absolute atomic E-state index is 12.2. The van der Waals surface area contributed by atoms with E-state index in [1.165, 1.54) is 12.5 Å². The van der Waals surface area contributed by atoms with Crippen molar-refractivity contribution in [1.82, 2.24) is 5.32 Å². The maximum Gasteiger partial charge on any atom is 0.331 e. The van der Waals surface area contributed by atoms with Gasteiger partial charge in [0.2, 0.25) is 0 Å². The number of hydrogen-bond acceptors (Lipinski definition) is 3. The molecule has 1 aromatic rings. The molecule has 24 heavy (non-hydrogen) atoms. The highest BCUT2D eigenvalue weighted by atomic mass is 35.5. The zero-order chi connectivity index (χ0) is 17.5. The first kappa shape index (κ1) is 18.5. The molecule has 1 N–H and O–H groups in total. The lowest BCUT2D eigenvalue weighted by molar-refractivity contribution is -0.150. The molecule has 5 heteroatoms. The molecule has 1 aliphatic rings. The van der Waals surface area contributed by atoms with Crippen LogP contribution in [-0.2, 0) is 14.3 Å². The zero-order valence-electron chi connectivity index (χ0n) is 14.1. The Bertz CT molecular complexity index is 614. The third-order valence-corrected chi connectivity index (χ3v) is 4.60. The van der Waals surface area contributed by atoms with Crippen molar-refractivity contribution in [2.24, 2.45) is 5.92 Å². The van der Waals surface area contributed by atoms with Gasteiger partial charge < -0.3 is 10.1 Å². The van der Waals surface area contributed by atoms with E-state index in [0.717, 1.165) is 24.8 Å². The van der Waals surface area contributed by atoms with Gasteiger partial charge in [-0.05, 0) is 49.5 Å². The Morgan fingerprint density at radius 1 is 1.33 bits per heavy atom. The van der Waals surface area contributed by atoms with Gasteiger partial charge in [-0.1, -0.05) is 43.5 Å². The summed E-state index contributed by atoms with van der Waals surface area (Å²) in [6, 6.07) is 7.31. The van der Waals surface area contributed by atoms with Gasteiger partial charge in [-0.25, -0.2) is 4.79 Å². The van der Waals surface area contributed by atoms with Crippen molar-refractivity contribution < 1.29 is 14.3 Å². The minimum Gasteiger partial charge on any atom is -0.449 e. The highest BCUT2D eigenvalue weighted by Gasteiger charge is 2.25. The number of ether oxygens (including phenoxy) is 1. The van der Waals surface area contributed by atoms with Gasteiger partial charge in [-0.2, -0.15) is 0 Å². The molecule has 0 unspecified atom stereocenters. The first-order chi connectivity index (χ1) is 11.5. The molecule has 1 amide bonds. The van der Waals surface area contributed by atoms with Gasteiger partial charge in [0.1, 0.15) is 0 Å². The minimum absolute atomic E-state index is 0.175. The molecular weight excluding hydrogens is 326 g/mol. The molecule has 4 nitrogen and oxygen atoms in total. The number of amides is 1. The second-order valence-electron chi connectivity index (χ2n) is 6.34. The van der Waals surface area contributed by atoms with E-state index in [-0.39, 0.29) is 11.9 Å². The first-order valence-electron chi connectivity index (χ1n) is 8.40. The Kier molecular flexibility index (Phi) is 6.85. The van der Waals surface area contributed by atoms with E-state index in [1.807, 2.05) is 6.07 Å². The Morgan fingerprint density at radius 3 is 2.79 bits per heavy atom. The number of rotatable bonds is 5. The van der Waals surface area contributed by atoms with Crippen LogP contribution in [-0.4, -0.2) is 24.0 Å². The average Bonchev–Trinajstić information content (AvgIpc) is 2.55. The fraction of sp³-hybridized carbons (Fsp3) is 0.474. The molecule has 1 aromatic carbocycles. The molecule has 1 saturated carbocycles. The monoisotopic (exact) mass is 349 g/mol. The van der Waals surface area contributed by atoms with Crippen molar-refractivity contribution in [3.8, 4) is 0 Å². The van der Waals surface area contributed by atoms with Gasteiger partial charge in [0, 0.05) is 17.1 Å². The van der Waals surface area contributed by atoms with Crippen LogP contribution in [0.1, 0.15) is 45.1 Å². The zero-order valence-corrected chi connectivity index (χ0v) is 14.9. The second-order valence-corrected chi connectivity index (χ2v) is 6.78. The summed E-state index contributed by atoms with van der Waals surface area (Å²) in [6.07, 6.45) is 6.57. The molecule has 0 bridgehead atoms. The van der Waals surface area contributed by atoms with Crippen molar-refractivity contribution in [1.29, 1.82) is 0 Å². The van der Waals surface area contributed by atoms with Gasteiger partial charge in [0.15, 0.2) is 6.10 Å². The van der Waals surface area contributed by atoms with Gasteiger partial charge in [0.05, 0.1) is 0 Å². The fourth-order valence-electron chi connectivity index (χ4n) is 2.87. The van der Waals surface area contributed by atoms with Crippen molar-refractivity contribution in [3.05, 3.63) is 40.9 Å². The van der Waals surface area contributed by atoms with Crippen LogP contribution in [0.2, 0.25) is 5.02 Å². The number of benzene rings is 1. The van der Waals surface area contributed by atoms with Crippen molar-refractivity contribution in [2.75, 3.05) is 0 Å². The Morgan fingerprint density at radius 2 is 2.08 bits per heavy atom. The summed E-state index contributed by atoms with van der Waals surface area (Å²) < 4.78 is 5.17. The number of nitrogens with one attached hydrogen (secondary N) is 1. The van der Waals surface area contributed by atoms with Crippen LogP contribution in [0.25, 0.3) is 6.08 Å². The Labute approximate surface area is 148 Å². The molecule has 3 atom stereocenters. The number of carbonyl (C=O) groups excluding carboxylic acids is 2. The van der Waals surface area contributed by atoms with Crippen LogP contribution >= 0.6 is 11.6 Å². The predicted octanol–water partition coefficient (Wildman–Crippen LogP) is 3.98. The van der Waals surface area contributed by atoms with E-state index >= 15 is 0 Å². The van der Waals surface area contributed by atoms with E-state index in [0.29, 0.717) is 10.9 Å². The van der Waals surface area contributed by atoms with Crippen LogP contribution in [0.3, 0.4) is 0 Å². The van der Waals surface area contributed by atoms with E-state index in [1.54, 1.807) is 31.2 Å². The van der Waals surface area contributed by atoms with E-state index < -0.39 is 12.1 Å². The smallest absolute Gasteiger partial charge is 0.331 e. The quantitative estimate of drug-likeness (QED) is 0.646. The van der Waals surface area contributed by atoms with Crippen LogP contribution in [0.4, 0.5) is 0 Å². The van der Waals surface area contributed by atoms with Gasteiger partial charge in [0.25, 0.3) is 5.91 Å². The number of esters is 1. The van der Waals surface area contributed by atoms with Crippen LogP contribution in [0, 0.1) is 5.92 Å². The SMILES string of the molecule is C[C@@H]1CCCC[C@H]1NC(=O)[C@@H](C)OC(=O)/C=C/c1cccc(Cl)c1. The molecule has 0 aromatic heterocycles. The largest absolute Gasteiger partial charge is 0.449 e. The fourth-order valence-corrected chi connectivity index (χ4v) is 3.07. The summed E-state index contributed by atoms with van der Waals surface area (Å²) in [5.74, 6) is -0.319. The standard InChI is InChI=1S/C19H24ClNO3/c1-13-6-3-4-9-17(13)21-19(23)14(2)24-18(22)11-10-15-7-5-8-16(20)12-15/h5,7-8,10-14,17H,3-4,6,9H2,1-2H3,(H,21,23)/b11-10+/t13-,14-,17-/m1/s1. The first-order valence-corrected chi connectivity index (χ1v) is 8.78. The van der Waals surface area contributed by atoms with E-state index in [4.69, 9.17) is 16.3 Å². The molecule has 130 valence electrons. The van der Waals surface area contributed by atoms with Crippen molar-refractivity contribution >= 4 is 29.6 Å². The highest BCUT2D eigenvalue weighted by Crippen LogP contribution is 2.23. The summed E-state index contributed by atoms with van der Waals surface area (Å²) in [4.78, 5) is 24.0. The molecule has 1 fully saturated rings. The summed E-state index contributed by atoms with van der Waals surface area (Å²) in [5.41, 5.74) is 0.799. The van der Waals surface area contributed by atoms with Crippen molar-refractivity contribution in [3.63, 3.8) is 0 Å². The molecular formula is C19H24ClNO3. The van der Waals surface area contributed by atoms with Gasteiger partial charge >= 0.3 is 5.97 Å². The summed E-state index contributed by atoms with van der Waals surface area (Å²) in [7, 11) is 0. The molecule has 2 rings (SSSR count). The lowest BCUT2D eigenvalue weighted by Crippen LogP contribution is -2.45. The van der Waals surface area contributed by atoms with Gasteiger partial charge in [-0.3, -0.25) is 4.79 Å². The molecule has 0 radical (unpaired) electrons. The van der Waals surface area contributed by atoms with Crippen LogP contribution in [0.15, 0.2) is 30.3 Å². The number of hydrogen-bond donors (Lipinski definition) is 1. The number of carbonyl (C=O) groups is 2. The third kappa shape index (κ3) is 5.68.